The van der Waals surface area contributed by atoms with E-state index >= 15 is 0 Å². The number of hydrogen-bond acceptors (Lipinski definition) is 4. The summed E-state index contributed by atoms with van der Waals surface area (Å²) in [7, 11) is 0. The second-order valence-electron chi connectivity index (χ2n) is 6.39. The molecular weight excluding hydrogens is 296 g/mol. The summed E-state index contributed by atoms with van der Waals surface area (Å²) in [5, 5.41) is 6.70. The summed E-state index contributed by atoms with van der Waals surface area (Å²) in [6.07, 6.45) is 10.4. The van der Waals surface area contributed by atoms with Crippen LogP contribution >= 0.6 is 0 Å². The predicted octanol–water partition coefficient (Wildman–Crippen LogP) is 4.70. The van der Waals surface area contributed by atoms with E-state index in [4.69, 9.17) is 0 Å². The van der Waals surface area contributed by atoms with Crippen LogP contribution in [0.5, 0.6) is 0 Å². The second kappa shape index (κ2) is 8.48. The van der Waals surface area contributed by atoms with Gasteiger partial charge in [0.25, 0.3) is 0 Å². The minimum absolute atomic E-state index is 0.695. The maximum Gasteiger partial charge on any atom is 0.224 e. The summed E-state index contributed by atoms with van der Waals surface area (Å²) < 4.78 is 0. The van der Waals surface area contributed by atoms with E-state index in [0.29, 0.717) is 5.95 Å². The van der Waals surface area contributed by atoms with Crippen LogP contribution in [-0.2, 0) is 6.54 Å². The Labute approximate surface area is 144 Å². The molecule has 0 bridgehead atoms. The highest BCUT2D eigenvalue weighted by molar-refractivity contribution is 5.40. The van der Waals surface area contributed by atoms with Gasteiger partial charge in [0.2, 0.25) is 5.95 Å². The molecule has 0 saturated carbocycles. The Hall–Kier alpha value is -2.36. The third kappa shape index (κ3) is 5.08. The van der Waals surface area contributed by atoms with E-state index in [2.05, 4.69) is 57.9 Å². The lowest BCUT2D eigenvalue weighted by Gasteiger charge is -2.13. The number of nitrogens with one attached hydrogen (secondary N) is 2. The van der Waals surface area contributed by atoms with Gasteiger partial charge in [0.15, 0.2) is 0 Å². The molecule has 1 aromatic carbocycles. The van der Waals surface area contributed by atoms with E-state index in [-0.39, 0.29) is 0 Å². The number of anilines is 2. The lowest BCUT2D eigenvalue weighted by Crippen LogP contribution is -2.09. The zero-order valence-electron chi connectivity index (χ0n) is 14.4. The van der Waals surface area contributed by atoms with E-state index in [9.17, 15) is 0 Å². The first-order chi connectivity index (χ1) is 11.8. The molecule has 0 spiro atoms. The molecule has 0 saturated heterocycles. The Morgan fingerprint density at radius 2 is 2.08 bits per heavy atom. The molecule has 4 heteroatoms. The summed E-state index contributed by atoms with van der Waals surface area (Å²) in [4.78, 5) is 8.85. The first kappa shape index (κ1) is 16.5. The van der Waals surface area contributed by atoms with Crippen molar-refractivity contribution in [3.8, 4) is 0 Å². The van der Waals surface area contributed by atoms with Crippen molar-refractivity contribution in [1.29, 1.82) is 0 Å². The lowest BCUT2D eigenvalue weighted by molar-refractivity contribution is 0.679. The minimum Gasteiger partial charge on any atom is -0.366 e. The average Bonchev–Trinajstić information content (AvgIpc) is 2.61. The smallest absolute Gasteiger partial charge is 0.224 e. The van der Waals surface area contributed by atoms with Crippen LogP contribution in [0.25, 0.3) is 0 Å². The molecule has 4 nitrogen and oxygen atoms in total. The van der Waals surface area contributed by atoms with Crippen LogP contribution in [-0.4, -0.2) is 16.5 Å². The molecule has 0 fully saturated rings. The van der Waals surface area contributed by atoms with Gasteiger partial charge in [-0.3, -0.25) is 0 Å². The minimum atomic E-state index is 0.695. The Kier molecular flexibility index (Phi) is 5.83. The molecule has 1 heterocycles. The Morgan fingerprint density at radius 3 is 2.92 bits per heavy atom. The van der Waals surface area contributed by atoms with Crippen molar-refractivity contribution in [2.45, 2.75) is 45.6 Å². The molecule has 1 aliphatic rings. The second-order valence-corrected chi connectivity index (χ2v) is 6.39. The maximum atomic E-state index is 4.54. The van der Waals surface area contributed by atoms with Crippen LogP contribution < -0.4 is 10.6 Å². The molecule has 0 aliphatic heterocycles. The van der Waals surface area contributed by atoms with Gasteiger partial charge in [-0.25, -0.2) is 4.98 Å². The molecule has 3 rings (SSSR count). The number of allylic oxidation sites excluding steroid dienone is 1. The first-order valence-electron chi connectivity index (χ1n) is 8.84. The van der Waals surface area contributed by atoms with Crippen molar-refractivity contribution < 1.29 is 0 Å². The zero-order chi connectivity index (χ0) is 16.6. The number of nitrogens with zero attached hydrogens (tertiary/aromatic N) is 2. The van der Waals surface area contributed by atoms with Gasteiger partial charge < -0.3 is 10.6 Å². The van der Waals surface area contributed by atoms with Crippen LogP contribution in [0.4, 0.5) is 11.8 Å². The van der Waals surface area contributed by atoms with E-state index in [1.54, 1.807) is 11.8 Å². The third-order valence-electron chi connectivity index (χ3n) is 4.33. The average molecular weight is 322 g/mol. The molecule has 24 heavy (non-hydrogen) atoms. The molecule has 0 unspecified atom stereocenters. The van der Waals surface area contributed by atoms with Crippen molar-refractivity contribution in [2.24, 2.45) is 0 Å². The van der Waals surface area contributed by atoms with Crippen molar-refractivity contribution in [3.05, 3.63) is 59.3 Å². The Balaban J connectivity index is 1.49. The quantitative estimate of drug-likeness (QED) is 0.726. The maximum absolute atomic E-state index is 4.54. The van der Waals surface area contributed by atoms with E-state index in [0.717, 1.165) is 25.3 Å². The summed E-state index contributed by atoms with van der Waals surface area (Å²) in [5.41, 5.74) is 4.10. The largest absolute Gasteiger partial charge is 0.366 e. The predicted molar refractivity (Wildman–Crippen MR) is 100 cm³/mol. The van der Waals surface area contributed by atoms with E-state index < -0.39 is 0 Å². The molecule has 1 aliphatic carbocycles. The zero-order valence-corrected chi connectivity index (χ0v) is 14.4. The summed E-state index contributed by atoms with van der Waals surface area (Å²) in [5.74, 6) is 1.55. The molecular formula is C20H26N4. The summed E-state index contributed by atoms with van der Waals surface area (Å²) in [6.45, 7) is 3.77. The highest BCUT2D eigenvalue weighted by Crippen LogP contribution is 2.20. The van der Waals surface area contributed by atoms with Gasteiger partial charge in [0.05, 0.1) is 0 Å². The van der Waals surface area contributed by atoms with Crippen LogP contribution in [0.15, 0.2) is 48.2 Å². The van der Waals surface area contributed by atoms with E-state index in [1.165, 1.54) is 36.8 Å². The fraction of sp³-hybridized carbons (Fsp3) is 0.400. The normalized spacial score (nSPS) is 14.1. The molecule has 0 atom stereocenters. The van der Waals surface area contributed by atoms with Crippen molar-refractivity contribution >= 4 is 11.8 Å². The van der Waals surface area contributed by atoms with Gasteiger partial charge in [-0.15, -0.1) is 0 Å². The number of rotatable bonds is 7. The van der Waals surface area contributed by atoms with Gasteiger partial charge in [-0.2, -0.15) is 4.98 Å². The van der Waals surface area contributed by atoms with Crippen LogP contribution in [0.2, 0.25) is 0 Å². The van der Waals surface area contributed by atoms with Crippen LogP contribution in [0, 0.1) is 6.92 Å². The number of hydrogen-bond donors (Lipinski definition) is 2. The standard InChI is InChI=1S/C20H26N4/c1-16-6-5-9-18(14-16)15-23-19-11-13-22-20(24-19)21-12-10-17-7-3-2-4-8-17/h5-7,9,11,13-14H,2-4,8,10,12,15H2,1H3,(H2,21,22,23,24). The molecule has 0 radical (unpaired) electrons. The van der Waals surface area contributed by atoms with Crippen LogP contribution in [0.3, 0.4) is 0 Å². The van der Waals surface area contributed by atoms with Gasteiger partial charge in [0, 0.05) is 19.3 Å². The topological polar surface area (TPSA) is 49.8 Å². The fourth-order valence-electron chi connectivity index (χ4n) is 3.02. The molecule has 126 valence electrons. The van der Waals surface area contributed by atoms with Crippen molar-refractivity contribution in [2.75, 3.05) is 17.2 Å². The third-order valence-corrected chi connectivity index (χ3v) is 4.33. The van der Waals surface area contributed by atoms with Gasteiger partial charge >= 0.3 is 0 Å². The van der Waals surface area contributed by atoms with Gasteiger partial charge in [-0.1, -0.05) is 41.5 Å². The van der Waals surface area contributed by atoms with E-state index in [1.807, 2.05) is 6.07 Å². The highest BCUT2D eigenvalue weighted by atomic mass is 15.1. The highest BCUT2D eigenvalue weighted by Gasteiger charge is 2.04. The molecule has 0 amide bonds. The van der Waals surface area contributed by atoms with Gasteiger partial charge in [-0.05, 0) is 50.7 Å². The SMILES string of the molecule is Cc1cccc(CNc2ccnc(NCCC3=CCCCC3)n2)c1. The Morgan fingerprint density at radius 1 is 1.12 bits per heavy atom. The number of aromatic nitrogens is 2. The fourth-order valence-corrected chi connectivity index (χ4v) is 3.02. The summed E-state index contributed by atoms with van der Waals surface area (Å²) in [6, 6.07) is 10.4. The lowest BCUT2D eigenvalue weighted by atomic mass is 9.97. The molecule has 1 aromatic heterocycles. The van der Waals surface area contributed by atoms with Gasteiger partial charge in [0.1, 0.15) is 5.82 Å². The Bertz CT molecular complexity index is 694. The van der Waals surface area contributed by atoms with Crippen LogP contribution in [0.1, 0.15) is 43.2 Å². The molecule has 2 aromatic rings. The van der Waals surface area contributed by atoms with Crippen molar-refractivity contribution in [3.63, 3.8) is 0 Å². The molecule has 2 N–H and O–H groups in total. The monoisotopic (exact) mass is 322 g/mol. The summed E-state index contributed by atoms with van der Waals surface area (Å²) >= 11 is 0. The number of aryl methyl sites for hydroxylation is 1. The number of benzene rings is 1. The van der Waals surface area contributed by atoms with Crippen molar-refractivity contribution in [1.82, 2.24) is 9.97 Å². The first-order valence-corrected chi connectivity index (χ1v) is 8.84.